The molecule has 24 heavy (non-hydrogen) atoms. The first-order valence-electron chi connectivity index (χ1n) is 8.47. The van der Waals surface area contributed by atoms with Crippen LogP contribution in [-0.2, 0) is 22.5 Å². The maximum Gasteiger partial charge on any atom is 0.274 e. The Morgan fingerprint density at radius 3 is 2.62 bits per heavy atom. The van der Waals surface area contributed by atoms with E-state index in [1.807, 2.05) is 9.47 Å². The molecule has 8 heteroatoms. The van der Waals surface area contributed by atoms with E-state index in [-0.39, 0.29) is 30.8 Å². The predicted molar refractivity (Wildman–Crippen MR) is 82.2 cm³/mol. The molecule has 2 saturated heterocycles. The van der Waals surface area contributed by atoms with E-state index < -0.39 is 6.17 Å². The molecular formula is C16H21FN4O3. The summed E-state index contributed by atoms with van der Waals surface area (Å²) in [5, 5.41) is 0. The molecule has 130 valence electrons. The van der Waals surface area contributed by atoms with E-state index in [9.17, 15) is 14.0 Å². The summed E-state index contributed by atoms with van der Waals surface area (Å²) < 4.78 is 20.2. The van der Waals surface area contributed by atoms with E-state index in [2.05, 4.69) is 4.98 Å². The molecular weight excluding hydrogens is 315 g/mol. The van der Waals surface area contributed by atoms with Crippen LogP contribution in [0.25, 0.3) is 0 Å². The van der Waals surface area contributed by atoms with Gasteiger partial charge in [-0.1, -0.05) is 0 Å². The van der Waals surface area contributed by atoms with Crippen molar-refractivity contribution in [3.63, 3.8) is 0 Å². The summed E-state index contributed by atoms with van der Waals surface area (Å²) in [7, 11) is 0. The van der Waals surface area contributed by atoms with Gasteiger partial charge in [-0.15, -0.1) is 0 Å². The third kappa shape index (κ3) is 2.68. The average molecular weight is 336 g/mol. The van der Waals surface area contributed by atoms with Crippen LogP contribution in [0, 0.1) is 5.92 Å². The van der Waals surface area contributed by atoms with Gasteiger partial charge in [0, 0.05) is 19.6 Å². The van der Waals surface area contributed by atoms with Gasteiger partial charge >= 0.3 is 0 Å². The minimum absolute atomic E-state index is 0.0769. The number of aromatic nitrogens is 2. The fraction of sp³-hybridized carbons (Fsp3) is 0.688. The van der Waals surface area contributed by atoms with E-state index in [1.165, 1.54) is 4.90 Å². The van der Waals surface area contributed by atoms with Gasteiger partial charge in [0.1, 0.15) is 11.9 Å². The zero-order valence-corrected chi connectivity index (χ0v) is 13.5. The highest BCUT2D eigenvalue weighted by Gasteiger charge is 2.36. The van der Waals surface area contributed by atoms with Gasteiger partial charge in [-0.3, -0.25) is 9.59 Å². The highest BCUT2D eigenvalue weighted by Crippen LogP contribution is 2.26. The maximum absolute atomic E-state index is 13.0. The van der Waals surface area contributed by atoms with E-state index in [1.54, 1.807) is 6.33 Å². The molecule has 0 radical (unpaired) electrons. The van der Waals surface area contributed by atoms with Gasteiger partial charge < -0.3 is 19.1 Å². The van der Waals surface area contributed by atoms with Crippen molar-refractivity contribution in [3.05, 3.63) is 17.7 Å². The molecule has 0 bridgehead atoms. The zero-order valence-electron chi connectivity index (χ0n) is 13.5. The Hall–Kier alpha value is -1.96. The summed E-state index contributed by atoms with van der Waals surface area (Å²) in [6, 6.07) is 0. The van der Waals surface area contributed by atoms with Crippen molar-refractivity contribution < 1.29 is 18.7 Å². The second-order valence-corrected chi connectivity index (χ2v) is 6.67. The molecule has 3 aliphatic heterocycles. The fourth-order valence-corrected chi connectivity index (χ4v) is 3.63. The lowest BCUT2D eigenvalue weighted by atomic mass is 9.95. The van der Waals surface area contributed by atoms with Gasteiger partial charge in [0.25, 0.3) is 5.91 Å². The molecule has 4 rings (SSSR count). The van der Waals surface area contributed by atoms with Gasteiger partial charge in [-0.05, 0) is 12.8 Å². The molecule has 0 saturated carbocycles. The van der Waals surface area contributed by atoms with Crippen LogP contribution in [0.3, 0.4) is 0 Å². The third-order valence-electron chi connectivity index (χ3n) is 5.09. The van der Waals surface area contributed by atoms with Crippen LogP contribution in [0.2, 0.25) is 0 Å². The minimum Gasteiger partial charge on any atom is -0.378 e. The van der Waals surface area contributed by atoms with E-state index in [0.717, 1.165) is 5.69 Å². The SMILES string of the molecule is O=C(c1ncn2c1CCC(C(=O)N1CCOCC1)C2)N1CC(F)C1. The fourth-order valence-electron chi connectivity index (χ4n) is 3.63. The molecule has 0 spiro atoms. The number of halogens is 1. The number of alkyl halides is 1. The quantitative estimate of drug-likeness (QED) is 0.768. The van der Waals surface area contributed by atoms with Gasteiger partial charge in [-0.2, -0.15) is 0 Å². The number of nitrogens with zero attached hydrogens (tertiary/aromatic N) is 4. The van der Waals surface area contributed by atoms with E-state index >= 15 is 0 Å². The highest BCUT2D eigenvalue weighted by atomic mass is 19.1. The Labute approximate surface area is 139 Å². The number of likely N-dealkylation sites (tertiary alicyclic amines) is 1. The van der Waals surface area contributed by atoms with Gasteiger partial charge in [0.15, 0.2) is 0 Å². The van der Waals surface area contributed by atoms with Crippen LogP contribution in [0.4, 0.5) is 4.39 Å². The van der Waals surface area contributed by atoms with Crippen molar-refractivity contribution in [2.75, 3.05) is 39.4 Å². The summed E-state index contributed by atoms with van der Waals surface area (Å²) in [5.41, 5.74) is 1.28. The Morgan fingerprint density at radius 2 is 1.92 bits per heavy atom. The van der Waals surface area contributed by atoms with Crippen molar-refractivity contribution in [2.24, 2.45) is 5.92 Å². The molecule has 1 aromatic rings. The topological polar surface area (TPSA) is 67.7 Å². The molecule has 2 amide bonds. The molecule has 4 heterocycles. The Bertz CT molecular complexity index is 650. The average Bonchev–Trinajstić information content (AvgIpc) is 3.01. The number of hydrogen-bond donors (Lipinski definition) is 0. The smallest absolute Gasteiger partial charge is 0.274 e. The minimum atomic E-state index is -0.914. The normalized spacial score (nSPS) is 24.5. The van der Waals surface area contributed by atoms with Crippen LogP contribution in [-0.4, -0.2) is 76.7 Å². The summed E-state index contributed by atoms with van der Waals surface area (Å²) >= 11 is 0. The van der Waals surface area contributed by atoms with Crippen molar-refractivity contribution in [1.29, 1.82) is 0 Å². The highest BCUT2D eigenvalue weighted by molar-refractivity contribution is 5.94. The Kier molecular flexibility index (Phi) is 3.99. The predicted octanol–water partition coefficient (Wildman–Crippen LogP) is 0.0982. The van der Waals surface area contributed by atoms with Gasteiger partial charge in [-0.25, -0.2) is 9.37 Å². The van der Waals surface area contributed by atoms with E-state index in [4.69, 9.17) is 4.74 Å². The molecule has 1 aromatic heterocycles. The number of carbonyl (C=O) groups excluding carboxylic acids is 2. The first-order chi connectivity index (χ1) is 11.6. The molecule has 1 atom stereocenters. The van der Waals surface area contributed by atoms with Crippen molar-refractivity contribution in [1.82, 2.24) is 19.4 Å². The number of ether oxygens (including phenoxy) is 1. The Balaban J connectivity index is 1.44. The van der Waals surface area contributed by atoms with Crippen LogP contribution in [0.15, 0.2) is 6.33 Å². The molecule has 3 aliphatic rings. The van der Waals surface area contributed by atoms with Crippen molar-refractivity contribution >= 4 is 11.8 Å². The summed E-state index contributed by atoms with van der Waals surface area (Å²) in [5.74, 6) is -0.115. The summed E-state index contributed by atoms with van der Waals surface area (Å²) in [6.45, 7) is 3.35. The van der Waals surface area contributed by atoms with Gasteiger partial charge in [0.2, 0.25) is 5.91 Å². The van der Waals surface area contributed by atoms with E-state index in [0.29, 0.717) is 51.4 Å². The van der Waals surface area contributed by atoms with Crippen LogP contribution >= 0.6 is 0 Å². The second kappa shape index (κ2) is 6.16. The molecule has 0 N–H and O–H groups in total. The molecule has 1 unspecified atom stereocenters. The first kappa shape index (κ1) is 15.6. The number of rotatable bonds is 2. The van der Waals surface area contributed by atoms with Crippen LogP contribution in [0.1, 0.15) is 22.6 Å². The zero-order chi connectivity index (χ0) is 16.7. The largest absolute Gasteiger partial charge is 0.378 e. The van der Waals surface area contributed by atoms with Crippen LogP contribution < -0.4 is 0 Å². The lowest BCUT2D eigenvalue weighted by Gasteiger charge is -2.34. The third-order valence-corrected chi connectivity index (χ3v) is 5.09. The first-order valence-corrected chi connectivity index (χ1v) is 8.47. The number of morpholine rings is 1. The number of amides is 2. The standard InChI is InChI=1S/C16H21FN4O3/c17-12-8-20(9-12)16(23)14-13-2-1-11(7-21(13)10-18-14)15(22)19-3-5-24-6-4-19/h10-12H,1-9H2. The lowest BCUT2D eigenvalue weighted by Crippen LogP contribution is -2.51. The van der Waals surface area contributed by atoms with Crippen LogP contribution in [0.5, 0.6) is 0 Å². The summed E-state index contributed by atoms with van der Waals surface area (Å²) in [6.07, 6.45) is 2.08. The van der Waals surface area contributed by atoms with Crippen molar-refractivity contribution in [2.45, 2.75) is 25.6 Å². The Morgan fingerprint density at radius 1 is 1.17 bits per heavy atom. The monoisotopic (exact) mass is 336 g/mol. The maximum atomic E-state index is 13.0. The second-order valence-electron chi connectivity index (χ2n) is 6.67. The summed E-state index contributed by atoms with van der Waals surface area (Å²) in [4.78, 5) is 32.6. The number of fused-ring (bicyclic) bond motifs is 1. The molecule has 0 aromatic carbocycles. The van der Waals surface area contributed by atoms with Crippen molar-refractivity contribution in [3.8, 4) is 0 Å². The molecule has 7 nitrogen and oxygen atoms in total. The number of imidazole rings is 1. The molecule has 0 aliphatic carbocycles. The number of hydrogen-bond acceptors (Lipinski definition) is 4. The number of carbonyl (C=O) groups is 2. The lowest BCUT2D eigenvalue weighted by molar-refractivity contribution is -0.140. The van der Waals surface area contributed by atoms with Gasteiger partial charge in [0.05, 0.1) is 44.2 Å². The molecule has 2 fully saturated rings.